The molecule has 4 N–H and O–H groups in total. The highest BCUT2D eigenvalue weighted by Gasteiger charge is 1.78. The van der Waals surface area contributed by atoms with E-state index >= 15 is 0 Å². The highest BCUT2D eigenvalue weighted by atomic mass is 15.3. The minimum absolute atomic E-state index is 0.287. The Labute approximate surface area is 48.3 Å². The molecule has 0 bridgehead atoms. The van der Waals surface area contributed by atoms with Gasteiger partial charge in [-0.15, -0.1) is 0 Å². The summed E-state index contributed by atoms with van der Waals surface area (Å²) in [4.78, 5) is 0. The summed E-state index contributed by atoms with van der Waals surface area (Å²) < 4.78 is 0. The van der Waals surface area contributed by atoms with Crippen molar-refractivity contribution in [3.63, 3.8) is 0 Å². The Kier molecular flexibility index (Phi) is 2.61. The average molecular weight is 114 g/mol. The van der Waals surface area contributed by atoms with Crippen LogP contribution in [0.2, 0.25) is 0 Å². The van der Waals surface area contributed by atoms with Gasteiger partial charge in [-0.2, -0.15) is 5.10 Å². The highest BCUT2D eigenvalue weighted by molar-refractivity contribution is 5.81. The number of nitrogens with two attached hydrogens (primary N) is 1. The standard InChI is InChI=1S/C4H10N4/c1-3(5)7-8-4(2)6/h1-2H3,(H2,5,7)(H2,6,8). The predicted octanol–water partition coefficient (Wildman–Crippen LogP) is -0.135. The van der Waals surface area contributed by atoms with Gasteiger partial charge in [-0.05, 0) is 13.8 Å². The normalized spacial score (nSPS) is 11.0. The maximum absolute atomic E-state index is 6.81. The molecule has 0 aromatic carbocycles. The lowest BCUT2D eigenvalue weighted by Gasteiger charge is -1.93. The van der Waals surface area contributed by atoms with Crippen LogP contribution in [0.4, 0.5) is 0 Å². The molecule has 0 radical (unpaired) electrons. The van der Waals surface area contributed by atoms with Crippen molar-refractivity contribution in [1.29, 1.82) is 5.41 Å². The zero-order valence-corrected chi connectivity index (χ0v) is 5.02. The van der Waals surface area contributed by atoms with Gasteiger partial charge in [0.25, 0.3) is 0 Å². The van der Waals surface area contributed by atoms with Gasteiger partial charge < -0.3 is 5.73 Å². The molecular weight excluding hydrogens is 104 g/mol. The van der Waals surface area contributed by atoms with E-state index in [1.807, 2.05) is 0 Å². The first-order valence-electron chi connectivity index (χ1n) is 2.24. The Bertz CT molecular complexity index is 111. The lowest BCUT2D eigenvalue weighted by Crippen LogP contribution is -2.17. The van der Waals surface area contributed by atoms with Crippen LogP contribution in [0, 0.1) is 5.41 Å². The molecule has 0 unspecified atom stereocenters. The topological polar surface area (TPSA) is 74.3 Å². The zero-order valence-electron chi connectivity index (χ0n) is 5.02. The van der Waals surface area contributed by atoms with Gasteiger partial charge in [0, 0.05) is 0 Å². The van der Waals surface area contributed by atoms with Crippen LogP contribution in [-0.4, -0.2) is 11.7 Å². The smallest absolute Gasteiger partial charge is 0.116 e. The molecule has 0 amide bonds. The number of nitrogens with one attached hydrogen (secondary N) is 2. The van der Waals surface area contributed by atoms with E-state index in [-0.39, 0.29) is 5.84 Å². The van der Waals surface area contributed by atoms with E-state index in [4.69, 9.17) is 11.1 Å². The van der Waals surface area contributed by atoms with Crippen LogP contribution in [0.25, 0.3) is 0 Å². The Morgan fingerprint density at radius 3 is 2.25 bits per heavy atom. The molecule has 0 saturated heterocycles. The number of rotatable bonds is 1. The summed E-state index contributed by atoms with van der Waals surface area (Å²) in [6.45, 7) is 3.24. The van der Waals surface area contributed by atoms with E-state index in [1.165, 1.54) is 0 Å². The van der Waals surface area contributed by atoms with E-state index in [0.717, 1.165) is 0 Å². The summed E-state index contributed by atoms with van der Waals surface area (Å²) in [7, 11) is 0. The van der Waals surface area contributed by atoms with Crippen LogP contribution in [0.5, 0.6) is 0 Å². The van der Waals surface area contributed by atoms with Crippen molar-refractivity contribution in [2.75, 3.05) is 0 Å². The van der Waals surface area contributed by atoms with Crippen molar-refractivity contribution >= 4 is 11.7 Å². The van der Waals surface area contributed by atoms with Gasteiger partial charge in [0.2, 0.25) is 0 Å². The summed E-state index contributed by atoms with van der Waals surface area (Å²) in [6, 6.07) is 0. The summed E-state index contributed by atoms with van der Waals surface area (Å²) in [6.07, 6.45) is 0. The molecule has 0 aliphatic rings. The van der Waals surface area contributed by atoms with Crippen molar-refractivity contribution in [2.24, 2.45) is 10.8 Å². The summed E-state index contributed by atoms with van der Waals surface area (Å²) in [5, 5.41) is 10.4. The van der Waals surface area contributed by atoms with Crippen molar-refractivity contribution < 1.29 is 0 Å². The van der Waals surface area contributed by atoms with E-state index in [9.17, 15) is 0 Å². The number of hydrogen-bond donors (Lipinski definition) is 3. The fourth-order valence-electron chi connectivity index (χ4n) is 0.172. The zero-order chi connectivity index (χ0) is 6.57. The van der Waals surface area contributed by atoms with Crippen molar-refractivity contribution in [1.82, 2.24) is 5.43 Å². The second-order valence-electron chi connectivity index (χ2n) is 1.49. The van der Waals surface area contributed by atoms with Gasteiger partial charge in [0.15, 0.2) is 0 Å². The maximum atomic E-state index is 6.81. The molecule has 8 heavy (non-hydrogen) atoms. The lowest BCUT2D eigenvalue weighted by molar-refractivity contribution is 0.995. The number of hydrogen-bond acceptors (Lipinski definition) is 2. The molecule has 0 aromatic rings. The van der Waals surface area contributed by atoms with Crippen molar-refractivity contribution in [3.05, 3.63) is 0 Å². The second kappa shape index (κ2) is 3.01. The van der Waals surface area contributed by atoms with Crippen molar-refractivity contribution in [3.8, 4) is 0 Å². The van der Waals surface area contributed by atoms with Crippen LogP contribution >= 0.6 is 0 Å². The largest absolute Gasteiger partial charge is 0.386 e. The average Bonchev–Trinajstić information content (AvgIpc) is 1.61. The summed E-state index contributed by atoms with van der Waals surface area (Å²) in [5.41, 5.74) is 7.52. The molecule has 0 saturated carbocycles. The highest BCUT2D eigenvalue weighted by Crippen LogP contribution is 1.62. The lowest BCUT2D eigenvalue weighted by atomic mass is 10.7. The van der Waals surface area contributed by atoms with Crippen LogP contribution in [0.15, 0.2) is 5.10 Å². The Morgan fingerprint density at radius 1 is 1.62 bits per heavy atom. The number of nitrogens with zero attached hydrogens (tertiary/aromatic N) is 1. The van der Waals surface area contributed by atoms with Crippen LogP contribution in [0.3, 0.4) is 0 Å². The van der Waals surface area contributed by atoms with Crippen molar-refractivity contribution in [2.45, 2.75) is 13.8 Å². The SMILES string of the molecule is CC(=N)N/N=C(\C)N. The molecule has 4 heteroatoms. The van der Waals surface area contributed by atoms with Gasteiger partial charge in [-0.1, -0.05) is 0 Å². The van der Waals surface area contributed by atoms with E-state index in [1.54, 1.807) is 13.8 Å². The van der Waals surface area contributed by atoms with E-state index in [0.29, 0.717) is 5.84 Å². The third kappa shape index (κ3) is 4.94. The minimum atomic E-state index is 0.287. The molecule has 0 aliphatic heterocycles. The fraction of sp³-hybridized carbons (Fsp3) is 0.500. The van der Waals surface area contributed by atoms with Gasteiger partial charge in [0.1, 0.15) is 11.7 Å². The molecule has 46 valence electrons. The Hall–Kier alpha value is -1.06. The molecule has 4 nitrogen and oxygen atoms in total. The first-order valence-corrected chi connectivity index (χ1v) is 2.24. The quantitative estimate of drug-likeness (QED) is 0.252. The first-order chi connectivity index (χ1) is 3.63. The monoisotopic (exact) mass is 114 g/mol. The molecule has 0 heterocycles. The Morgan fingerprint density at radius 2 is 2.12 bits per heavy atom. The van der Waals surface area contributed by atoms with Crippen LogP contribution in [0.1, 0.15) is 13.8 Å². The first kappa shape index (κ1) is 6.94. The molecule has 0 rings (SSSR count). The third-order valence-electron chi connectivity index (χ3n) is 0.400. The number of amidine groups is 2. The molecule has 0 aliphatic carbocycles. The van der Waals surface area contributed by atoms with E-state index in [2.05, 4.69) is 10.5 Å². The van der Waals surface area contributed by atoms with Gasteiger partial charge >= 0.3 is 0 Å². The summed E-state index contributed by atoms with van der Waals surface area (Å²) >= 11 is 0. The minimum Gasteiger partial charge on any atom is -0.386 e. The van der Waals surface area contributed by atoms with Gasteiger partial charge in [-0.3, -0.25) is 10.8 Å². The fourth-order valence-corrected chi connectivity index (χ4v) is 0.172. The predicted molar refractivity (Wildman–Crippen MR) is 33.8 cm³/mol. The third-order valence-corrected chi connectivity index (χ3v) is 0.400. The van der Waals surface area contributed by atoms with E-state index < -0.39 is 0 Å². The van der Waals surface area contributed by atoms with Crippen LogP contribution in [-0.2, 0) is 0 Å². The molecular formula is C4H10N4. The molecule has 0 fully saturated rings. The molecule has 0 spiro atoms. The Balaban J connectivity index is 3.45. The summed E-state index contributed by atoms with van der Waals surface area (Å²) in [5.74, 6) is 0.714. The maximum Gasteiger partial charge on any atom is 0.116 e. The second-order valence-corrected chi connectivity index (χ2v) is 1.49. The molecule has 0 aromatic heterocycles. The molecule has 0 atom stereocenters. The van der Waals surface area contributed by atoms with Gasteiger partial charge in [0.05, 0.1) is 0 Å². The number of hydrazone groups is 1. The van der Waals surface area contributed by atoms with Gasteiger partial charge in [-0.25, -0.2) is 0 Å². The van der Waals surface area contributed by atoms with Crippen LogP contribution < -0.4 is 11.2 Å².